The van der Waals surface area contributed by atoms with Crippen molar-refractivity contribution in [3.63, 3.8) is 0 Å². The molecule has 1 N–H and O–H groups in total. The van der Waals surface area contributed by atoms with E-state index >= 15 is 0 Å². The molecule has 1 aromatic carbocycles. The molecule has 164 valence electrons. The lowest BCUT2D eigenvalue weighted by Crippen LogP contribution is -2.53. The summed E-state index contributed by atoms with van der Waals surface area (Å²) in [6.07, 6.45) is 2.58. The van der Waals surface area contributed by atoms with Crippen molar-refractivity contribution in [2.45, 2.75) is 13.0 Å². The molecule has 1 amide bonds. The summed E-state index contributed by atoms with van der Waals surface area (Å²) in [5, 5.41) is 3.46. The molecule has 0 unspecified atom stereocenters. The molecular weight excluding hydrogens is 493 g/mol. The van der Waals surface area contributed by atoms with E-state index in [1.165, 1.54) is 11.8 Å². The quantitative estimate of drug-likeness (QED) is 0.261. The Morgan fingerprint density at radius 3 is 2.43 bits per heavy atom. The highest BCUT2D eigenvalue weighted by atomic mass is 127. The van der Waals surface area contributed by atoms with E-state index in [2.05, 4.69) is 51.4 Å². The van der Waals surface area contributed by atoms with Crippen LogP contribution in [0, 0.1) is 0 Å². The lowest BCUT2D eigenvalue weighted by Gasteiger charge is -2.36. The normalized spacial score (nSPS) is 14.6. The molecular formula is C22H32IN5O2. The summed E-state index contributed by atoms with van der Waals surface area (Å²) in [4.78, 5) is 23.2. The van der Waals surface area contributed by atoms with Gasteiger partial charge in [-0.15, -0.1) is 24.0 Å². The van der Waals surface area contributed by atoms with Gasteiger partial charge in [0.1, 0.15) is 0 Å². The van der Waals surface area contributed by atoms with Gasteiger partial charge in [0, 0.05) is 46.3 Å². The molecule has 0 saturated carbocycles. The fourth-order valence-electron chi connectivity index (χ4n) is 3.53. The highest BCUT2D eigenvalue weighted by Gasteiger charge is 2.25. The number of nitrogens with zero attached hydrogens (tertiary/aromatic N) is 4. The first kappa shape index (κ1) is 24.2. The fourth-order valence-corrected chi connectivity index (χ4v) is 3.53. The van der Waals surface area contributed by atoms with Gasteiger partial charge < -0.3 is 24.4 Å². The highest BCUT2D eigenvalue weighted by molar-refractivity contribution is 14.0. The molecule has 0 radical (unpaired) electrons. The van der Waals surface area contributed by atoms with Crippen molar-refractivity contribution in [3.05, 3.63) is 60.1 Å². The molecule has 7 nitrogen and oxygen atoms in total. The van der Waals surface area contributed by atoms with Gasteiger partial charge in [0.05, 0.1) is 6.26 Å². The van der Waals surface area contributed by atoms with Crippen molar-refractivity contribution in [2.75, 3.05) is 53.4 Å². The van der Waals surface area contributed by atoms with Crippen LogP contribution in [0.25, 0.3) is 0 Å². The maximum absolute atomic E-state index is 12.4. The van der Waals surface area contributed by atoms with Gasteiger partial charge in [-0.1, -0.05) is 30.3 Å². The second-order valence-electron chi connectivity index (χ2n) is 7.31. The van der Waals surface area contributed by atoms with Gasteiger partial charge in [-0.2, -0.15) is 0 Å². The topological polar surface area (TPSA) is 64.3 Å². The third-order valence-corrected chi connectivity index (χ3v) is 5.11. The van der Waals surface area contributed by atoms with Crippen molar-refractivity contribution < 1.29 is 9.21 Å². The van der Waals surface area contributed by atoms with E-state index in [1.807, 2.05) is 18.0 Å². The molecule has 2 aromatic rings. The second-order valence-corrected chi connectivity index (χ2v) is 7.31. The monoisotopic (exact) mass is 525 g/mol. The Hall–Kier alpha value is -2.07. The number of guanidine groups is 1. The molecule has 1 aliphatic heterocycles. The van der Waals surface area contributed by atoms with Gasteiger partial charge in [-0.25, -0.2) is 0 Å². The first-order chi connectivity index (χ1) is 14.2. The molecule has 0 aliphatic carbocycles. The minimum Gasteiger partial charge on any atom is -0.459 e. The van der Waals surface area contributed by atoms with Gasteiger partial charge in [0.25, 0.3) is 5.91 Å². The summed E-state index contributed by atoms with van der Waals surface area (Å²) in [5.74, 6) is 1.26. The number of amides is 1. The highest BCUT2D eigenvalue weighted by Crippen LogP contribution is 2.09. The van der Waals surface area contributed by atoms with Crippen molar-refractivity contribution in [3.8, 4) is 0 Å². The number of carbonyl (C=O) groups excluding carboxylic acids is 1. The number of rotatable bonds is 7. The number of benzene rings is 1. The van der Waals surface area contributed by atoms with Gasteiger partial charge in [0.15, 0.2) is 11.7 Å². The third-order valence-electron chi connectivity index (χ3n) is 5.11. The molecule has 1 fully saturated rings. The first-order valence-electron chi connectivity index (χ1n) is 10.2. The summed E-state index contributed by atoms with van der Waals surface area (Å²) in [6, 6.07) is 14.0. The van der Waals surface area contributed by atoms with E-state index in [0.717, 1.165) is 45.1 Å². The van der Waals surface area contributed by atoms with Crippen LogP contribution >= 0.6 is 24.0 Å². The first-order valence-corrected chi connectivity index (χ1v) is 10.2. The molecule has 3 rings (SSSR count). The smallest absolute Gasteiger partial charge is 0.289 e. The van der Waals surface area contributed by atoms with E-state index in [9.17, 15) is 4.79 Å². The zero-order valence-corrected chi connectivity index (χ0v) is 20.1. The summed E-state index contributed by atoms with van der Waals surface area (Å²) < 4.78 is 5.22. The third kappa shape index (κ3) is 7.02. The maximum Gasteiger partial charge on any atom is 0.289 e. The van der Waals surface area contributed by atoms with E-state index in [0.29, 0.717) is 18.8 Å². The zero-order valence-electron chi connectivity index (χ0n) is 17.8. The number of aliphatic imine (C=N–C) groups is 1. The van der Waals surface area contributed by atoms with Crippen LogP contribution in [0.15, 0.2) is 58.1 Å². The number of halogens is 1. The number of hydrogen-bond donors (Lipinski definition) is 1. The Morgan fingerprint density at radius 2 is 1.80 bits per heavy atom. The predicted molar refractivity (Wildman–Crippen MR) is 130 cm³/mol. The summed E-state index contributed by atoms with van der Waals surface area (Å²) in [7, 11) is 3.96. The molecule has 8 heteroatoms. The average molecular weight is 525 g/mol. The van der Waals surface area contributed by atoms with E-state index < -0.39 is 0 Å². The van der Waals surface area contributed by atoms with Gasteiger partial charge in [-0.3, -0.25) is 9.79 Å². The number of nitrogens with one attached hydrogen (secondary N) is 1. The molecule has 0 atom stereocenters. The average Bonchev–Trinajstić information content (AvgIpc) is 3.29. The van der Waals surface area contributed by atoms with Crippen LogP contribution in [0.3, 0.4) is 0 Å². The summed E-state index contributed by atoms with van der Waals surface area (Å²) >= 11 is 0. The second kappa shape index (κ2) is 12.6. The van der Waals surface area contributed by atoms with Crippen LogP contribution in [0.5, 0.6) is 0 Å². The Kier molecular flexibility index (Phi) is 10.2. The van der Waals surface area contributed by atoms with Crippen LogP contribution < -0.4 is 5.32 Å². The zero-order chi connectivity index (χ0) is 20.5. The number of carbonyl (C=O) groups is 1. The minimum absolute atomic E-state index is 0. The van der Waals surface area contributed by atoms with Crippen molar-refractivity contribution in [2.24, 2.45) is 4.99 Å². The summed E-state index contributed by atoms with van der Waals surface area (Å²) in [6.45, 7) is 5.71. The Labute approximate surface area is 196 Å². The van der Waals surface area contributed by atoms with Gasteiger partial charge in [-0.05, 0) is 37.7 Å². The Morgan fingerprint density at radius 1 is 1.10 bits per heavy atom. The number of piperazine rings is 1. The SMILES string of the molecule is CN=C(NCCCN(C)Cc1ccccc1)N1CCN(C(=O)c2ccco2)CC1.I. The van der Waals surface area contributed by atoms with Crippen LogP contribution in [-0.4, -0.2) is 79.9 Å². The van der Waals surface area contributed by atoms with Crippen molar-refractivity contribution in [1.82, 2.24) is 20.0 Å². The molecule has 0 spiro atoms. The van der Waals surface area contributed by atoms with E-state index in [-0.39, 0.29) is 29.9 Å². The van der Waals surface area contributed by atoms with Gasteiger partial charge in [0.2, 0.25) is 0 Å². The van der Waals surface area contributed by atoms with Crippen LogP contribution in [0.4, 0.5) is 0 Å². The van der Waals surface area contributed by atoms with Crippen LogP contribution in [0.1, 0.15) is 22.5 Å². The molecule has 30 heavy (non-hydrogen) atoms. The lowest BCUT2D eigenvalue weighted by atomic mass is 10.2. The fraction of sp³-hybridized carbons (Fsp3) is 0.455. The molecule has 1 aliphatic rings. The van der Waals surface area contributed by atoms with Crippen molar-refractivity contribution >= 4 is 35.8 Å². The molecule has 0 bridgehead atoms. The van der Waals surface area contributed by atoms with Crippen LogP contribution in [-0.2, 0) is 6.54 Å². The number of hydrogen-bond acceptors (Lipinski definition) is 4. The molecule has 2 heterocycles. The predicted octanol–water partition coefficient (Wildman–Crippen LogP) is 2.75. The maximum atomic E-state index is 12.4. The largest absolute Gasteiger partial charge is 0.459 e. The van der Waals surface area contributed by atoms with E-state index in [1.54, 1.807) is 12.1 Å². The van der Waals surface area contributed by atoms with Gasteiger partial charge >= 0.3 is 0 Å². The number of furan rings is 1. The van der Waals surface area contributed by atoms with E-state index in [4.69, 9.17) is 4.42 Å². The van der Waals surface area contributed by atoms with Crippen LogP contribution in [0.2, 0.25) is 0 Å². The Bertz CT molecular complexity index is 774. The molecule has 1 saturated heterocycles. The van der Waals surface area contributed by atoms with Crippen molar-refractivity contribution in [1.29, 1.82) is 0 Å². The Balaban J connectivity index is 0.00000320. The summed E-state index contributed by atoms with van der Waals surface area (Å²) in [5.41, 5.74) is 1.33. The lowest BCUT2D eigenvalue weighted by molar-refractivity contribution is 0.0657. The molecule has 1 aromatic heterocycles. The minimum atomic E-state index is -0.0425. The standard InChI is InChI=1S/C22H31N5O2.HI/c1-23-22(24-11-7-12-25(2)18-19-8-4-3-5-9-19)27-15-13-26(14-16-27)21(28)20-10-6-17-29-20;/h3-6,8-10,17H,7,11-16,18H2,1-2H3,(H,23,24);1H.